The fourth-order valence-corrected chi connectivity index (χ4v) is 3.65. The van der Waals surface area contributed by atoms with Crippen molar-refractivity contribution in [3.63, 3.8) is 0 Å². The van der Waals surface area contributed by atoms with Gasteiger partial charge in [-0.05, 0) is 74.2 Å². The molecule has 1 aliphatic heterocycles. The minimum atomic E-state index is -0.970. The van der Waals surface area contributed by atoms with Crippen molar-refractivity contribution >= 4 is 11.9 Å². The van der Waals surface area contributed by atoms with E-state index in [1.165, 1.54) is 24.3 Å². The highest BCUT2D eigenvalue weighted by molar-refractivity contribution is 5.89. The lowest BCUT2D eigenvalue weighted by Crippen LogP contribution is -2.53. The number of carboxylic acids is 1. The van der Waals surface area contributed by atoms with Gasteiger partial charge in [-0.15, -0.1) is 0 Å². The zero-order valence-corrected chi connectivity index (χ0v) is 18.8. The second-order valence-electron chi connectivity index (χ2n) is 8.02. The Balaban J connectivity index is 0.000000278. The zero-order valence-electron chi connectivity index (χ0n) is 18.8. The number of hydrogen-bond acceptors (Lipinski definition) is 4. The van der Waals surface area contributed by atoms with Crippen LogP contribution in [0.1, 0.15) is 34.0 Å². The molecule has 172 valence electrons. The molecule has 1 aliphatic rings. The summed E-state index contributed by atoms with van der Waals surface area (Å²) in [6, 6.07) is 9.79. The molecule has 7 heteroatoms. The maximum absolute atomic E-state index is 13.5. The second-order valence-corrected chi connectivity index (χ2v) is 8.02. The Kier molecular flexibility index (Phi) is 8.96. The third kappa shape index (κ3) is 6.92. The highest BCUT2D eigenvalue weighted by Gasteiger charge is 2.25. The van der Waals surface area contributed by atoms with E-state index in [-0.39, 0.29) is 29.1 Å². The molecule has 0 aliphatic carbocycles. The fraction of sp³-hybridized carbons (Fsp3) is 0.360. The van der Waals surface area contributed by atoms with Crippen molar-refractivity contribution in [2.24, 2.45) is 0 Å². The van der Waals surface area contributed by atoms with Crippen molar-refractivity contribution in [3.8, 4) is 5.75 Å². The Morgan fingerprint density at radius 1 is 1.16 bits per heavy atom. The molecule has 0 bridgehead atoms. The minimum Gasteiger partial charge on any atom is -0.508 e. The number of carbonyl (C=O) groups is 2. The predicted octanol–water partition coefficient (Wildman–Crippen LogP) is 3.79. The molecule has 1 heterocycles. The van der Waals surface area contributed by atoms with Crippen LogP contribution in [0.5, 0.6) is 5.75 Å². The van der Waals surface area contributed by atoms with E-state index in [1.807, 2.05) is 17.0 Å². The van der Waals surface area contributed by atoms with Crippen LogP contribution in [-0.4, -0.2) is 64.1 Å². The van der Waals surface area contributed by atoms with Crippen LogP contribution < -0.4 is 0 Å². The molecule has 0 radical (unpaired) electrons. The van der Waals surface area contributed by atoms with Crippen molar-refractivity contribution < 1.29 is 24.2 Å². The van der Waals surface area contributed by atoms with Gasteiger partial charge in [-0.1, -0.05) is 18.7 Å². The number of amides is 1. The van der Waals surface area contributed by atoms with E-state index in [4.69, 9.17) is 10.2 Å². The molecule has 3 rings (SSSR count). The summed E-state index contributed by atoms with van der Waals surface area (Å²) in [5, 5.41) is 17.5. The number of nitrogens with zero attached hydrogens (tertiary/aromatic N) is 2. The van der Waals surface area contributed by atoms with Crippen LogP contribution in [0.3, 0.4) is 0 Å². The Bertz CT molecular complexity index is 976. The zero-order chi connectivity index (χ0) is 23.8. The van der Waals surface area contributed by atoms with Crippen LogP contribution in [0.25, 0.3) is 0 Å². The number of carbonyl (C=O) groups excluding carboxylic acids is 1. The molecule has 0 aromatic heterocycles. The van der Waals surface area contributed by atoms with Crippen molar-refractivity contribution in [3.05, 3.63) is 77.1 Å². The Hall–Kier alpha value is -3.19. The largest absolute Gasteiger partial charge is 0.508 e. The van der Waals surface area contributed by atoms with Crippen LogP contribution in [0, 0.1) is 19.7 Å². The Labute approximate surface area is 188 Å². The minimum absolute atomic E-state index is 0.00255. The maximum Gasteiger partial charge on any atom is 0.335 e. The number of carboxylic acid groups (broad SMARTS) is 1. The smallest absolute Gasteiger partial charge is 0.335 e. The molecule has 0 unspecified atom stereocenters. The first-order chi connectivity index (χ1) is 15.1. The number of phenolic OH excluding ortho intramolecular Hbond substituents is 1. The molecule has 2 N–H and O–H groups in total. The van der Waals surface area contributed by atoms with Crippen LogP contribution in [-0.2, 0) is 11.2 Å². The number of hydrogen-bond donors (Lipinski definition) is 2. The van der Waals surface area contributed by atoms with Crippen molar-refractivity contribution in [1.82, 2.24) is 9.80 Å². The number of benzene rings is 2. The summed E-state index contributed by atoms with van der Waals surface area (Å²) in [7, 11) is 0. The monoisotopic (exact) mass is 442 g/mol. The summed E-state index contributed by atoms with van der Waals surface area (Å²) < 4.78 is 13.5. The van der Waals surface area contributed by atoms with E-state index < -0.39 is 5.97 Å². The number of aryl methyl sites for hydroxylation is 2. The quantitative estimate of drug-likeness (QED) is 0.689. The van der Waals surface area contributed by atoms with E-state index in [1.54, 1.807) is 19.9 Å². The van der Waals surface area contributed by atoms with Gasteiger partial charge in [-0.25, -0.2) is 9.18 Å². The highest BCUT2D eigenvalue weighted by Crippen LogP contribution is 2.15. The van der Waals surface area contributed by atoms with E-state index >= 15 is 0 Å². The molecule has 0 spiro atoms. The Morgan fingerprint density at radius 3 is 2.44 bits per heavy atom. The lowest BCUT2D eigenvalue weighted by molar-refractivity contribution is -0.130. The van der Waals surface area contributed by atoms with Gasteiger partial charge in [0.2, 0.25) is 5.91 Å². The fourth-order valence-electron chi connectivity index (χ4n) is 3.65. The van der Waals surface area contributed by atoms with Gasteiger partial charge in [-0.2, -0.15) is 0 Å². The molecule has 1 fully saturated rings. The predicted molar refractivity (Wildman–Crippen MR) is 122 cm³/mol. The van der Waals surface area contributed by atoms with Gasteiger partial charge in [0.05, 0.1) is 5.56 Å². The number of piperazine rings is 1. The SMILES string of the molecule is C=CC(=O)N1CCN(CCc2ccc(C)c(F)c2)C[C@H]1C.Cc1cc(O)ccc1C(=O)O. The second kappa shape index (κ2) is 11.4. The molecule has 6 nitrogen and oxygen atoms in total. The summed E-state index contributed by atoms with van der Waals surface area (Å²) in [5.74, 6) is -1.01. The Morgan fingerprint density at radius 2 is 1.88 bits per heavy atom. The van der Waals surface area contributed by atoms with Gasteiger partial charge >= 0.3 is 5.97 Å². The lowest BCUT2D eigenvalue weighted by Gasteiger charge is -2.39. The molecule has 1 saturated heterocycles. The topological polar surface area (TPSA) is 81.1 Å². The molecule has 0 saturated carbocycles. The molecular weight excluding hydrogens is 411 g/mol. The van der Waals surface area contributed by atoms with E-state index in [9.17, 15) is 14.0 Å². The van der Waals surface area contributed by atoms with Crippen LogP contribution >= 0.6 is 0 Å². The average Bonchev–Trinajstić information content (AvgIpc) is 2.74. The van der Waals surface area contributed by atoms with Crippen LogP contribution in [0.2, 0.25) is 0 Å². The first-order valence-electron chi connectivity index (χ1n) is 10.6. The van der Waals surface area contributed by atoms with Gasteiger partial charge in [0.1, 0.15) is 11.6 Å². The summed E-state index contributed by atoms with van der Waals surface area (Å²) >= 11 is 0. The number of aromatic hydroxyl groups is 1. The van der Waals surface area contributed by atoms with E-state index in [2.05, 4.69) is 18.4 Å². The standard InChI is InChI=1S/C17H23FN2O.C8H8O3/c1-4-17(21)20-10-9-19(12-14(20)3)8-7-15-6-5-13(2)16(18)11-15;1-5-4-6(9)2-3-7(5)8(10)11/h4-6,11,14H,1,7-10,12H2,2-3H3;2-4,9H,1H3,(H,10,11)/t14-;/m1./s1. The molecule has 2 aromatic carbocycles. The van der Waals surface area contributed by atoms with Crippen LogP contribution in [0.4, 0.5) is 4.39 Å². The molecule has 1 amide bonds. The van der Waals surface area contributed by atoms with Crippen LogP contribution in [0.15, 0.2) is 49.1 Å². The number of rotatable bonds is 5. The number of phenols is 1. The summed E-state index contributed by atoms with van der Waals surface area (Å²) in [6.07, 6.45) is 2.21. The molecule has 2 aromatic rings. The summed E-state index contributed by atoms with van der Waals surface area (Å²) in [5.41, 5.74) is 2.50. The molecule has 1 atom stereocenters. The number of halogens is 1. The van der Waals surface area contributed by atoms with E-state index in [0.717, 1.165) is 38.2 Å². The van der Waals surface area contributed by atoms with Gasteiger partial charge in [0.15, 0.2) is 0 Å². The number of aromatic carboxylic acids is 1. The summed E-state index contributed by atoms with van der Waals surface area (Å²) in [4.78, 5) is 26.3. The van der Waals surface area contributed by atoms with Gasteiger partial charge in [-0.3, -0.25) is 9.69 Å². The lowest BCUT2D eigenvalue weighted by atomic mass is 10.1. The normalized spacial score (nSPS) is 16.1. The summed E-state index contributed by atoms with van der Waals surface area (Å²) in [6.45, 7) is 12.3. The van der Waals surface area contributed by atoms with E-state index in [0.29, 0.717) is 11.1 Å². The van der Waals surface area contributed by atoms with Gasteiger partial charge in [0.25, 0.3) is 0 Å². The van der Waals surface area contributed by atoms with Crippen molar-refractivity contribution in [2.75, 3.05) is 26.2 Å². The third-order valence-corrected chi connectivity index (χ3v) is 5.56. The first-order valence-corrected chi connectivity index (χ1v) is 10.6. The average molecular weight is 443 g/mol. The third-order valence-electron chi connectivity index (χ3n) is 5.56. The first kappa shape index (κ1) is 25.1. The van der Waals surface area contributed by atoms with Crippen molar-refractivity contribution in [2.45, 2.75) is 33.2 Å². The van der Waals surface area contributed by atoms with Gasteiger partial charge < -0.3 is 15.1 Å². The molecular formula is C25H31FN2O4. The highest BCUT2D eigenvalue weighted by atomic mass is 19.1. The molecule has 32 heavy (non-hydrogen) atoms. The van der Waals surface area contributed by atoms with Gasteiger partial charge in [0, 0.05) is 32.2 Å². The van der Waals surface area contributed by atoms with Crippen molar-refractivity contribution in [1.29, 1.82) is 0 Å². The maximum atomic E-state index is 13.5.